The predicted molar refractivity (Wildman–Crippen MR) is 105 cm³/mol. The molecule has 0 saturated carbocycles. The number of likely N-dealkylation sites (tertiary alicyclic amines) is 1. The van der Waals surface area contributed by atoms with Crippen LogP contribution < -0.4 is 5.32 Å². The van der Waals surface area contributed by atoms with Crippen molar-refractivity contribution in [2.45, 2.75) is 46.5 Å². The van der Waals surface area contributed by atoms with Crippen molar-refractivity contribution in [2.75, 3.05) is 18.4 Å². The number of hydrogen-bond acceptors (Lipinski definition) is 6. The van der Waals surface area contributed by atoms with Crippen LogP contribution in [0.5, 0.6) is 0 Å². The van der Waals surface area contributed by atoms with Crippen LogP contribution >= 0.6 is 0 Å². The third-order valence-corrected chi connectivity index (χ3v) is 4.57. The number of aryl methyl sites for hydroxylation is 3. The van der Waals surface area contributed by atoms with E-state index < -0.39 is 0 Å². The Kier molecular flexibility index (Phi) is 5.48. The highest BCUT2D eigenvalue weighted by atomic mass is 16.2. The van der Waals surface area contributed by atoms with E-state index in [4.69, 9.17) is 0 Å². The van der Waals surface area contributed by atoms with Crippen LogP contribution in [0.25, 0.3) is 0 Å². The normalized spacial score (nSPS) is 16.9. The topological polar surface area (TPSA) is 83.9 Å². The monoisotopic (exact) mass is 366 g/mol. The highest BCUT2D eigenvalue weighted by molar-refractivity contribution is 5.92. The molecule has 27 heavy (non-hydrogen) atoms. The Hall–Kier alpha value is -2.83. The van der Waals surface area contributed by atoms with Gasteiger partial charge in [-0.2, -0.15) is 0 Å². The van der Waals surface area contributed by atoms with Gasteiger partial charge in [0.2, 0.25) is 11.9 Å². The number of aromatic nitrogens is 4. The van der Waals surface area contributed by atoms with Crippen molar-refractivity contribution >= 4 is 17.7 Å². The average molecular weight is 366 g/mol. The van der Waals surface area contributed by atoms with Crippen molar-refractivity contribution in [3.05, 3.63) is 47.2 Å². The molecule has 0 aromatic carbocycles. The highest BCUT2D eigenvalue weighted by Gasteiger charge is 2.26. The second-order valence-corrected chi connectivity index (χ2v) is 7.20. The number of piperidine rings is 1. The van der Waals surface area contributed by atoms with Gasteiger partial charge in [-0.15, -0.1) is 0 Å². The number of anilines is 2. The molecule has 0 spiro atoms. The van der Waals surface area contributed by atoms with Crippen LogP contribution in [0.4, 0.5) is 11.8 Å². The Morgan fingerprint density at radius 2 is 1.85 bits per heavy atom. The second kappa shape index (κ2) is 7.82. The minimum Gasteiger partial charge on any atom is -0.338 e. The van der Waals surface area contributed by atoms with Gasteiger partial charge in [-0.25, -0.2) is 19.9 Å². The first-order chi connectivity index (χ1) is 12.8. The second-order valence-electron chi connectivity index (χ2n) is 7.20. The SMILES string of the molecule is C=C(C)C(=O)N1CCCC(c2cc(Nc3nc(C)cc(C)n3)nc(C)n2)C1. The Balaban J connectivity index is 1.82. The zero-order valence-corrected chi connectivity index (χ0v) is 16.4. The van der Waals surface area contributed by atoms with Gasteiger partial charge < -0.3 is 10.2 Å². The van der Waals surface area contributed by atoms with E-state index in [9.17, 15) is 4.79 Å². The molecule has 3 heterocycles. The van der Waals surface area contributed by atoms with Gasteiger partial charge in [-0.3, -0.25) is 4.79 Å². The largest absolute Gasteiger partial charge is 0.338 e. The lowest BCUT2D eigenvalue weighted by Gasteiger charge is -2.32. The van der Waals surface area contributed by atoms with E-state index in [0.29, 0.717) is 29.7 Å². The summed E-state index contributed by atoms with van der Waals surface area (Å²) in [5.41, 5.74) is 3.31. The fourth-order valence-corrected chi connectivity index (χ4v) is 3.43. The number of nitrogens with one attached hydrogen (secondary N) is 1. The highest BCUT2D eigenvalue weighted by Crippen LogP contribution is 2.28. The van der Waals surface area contributed by atoms with Crippen molar-refractivity contribution in [3.63, 3.8) is 0 Å². The van der Waals surface area contributed by atoms with Gasteiger partial charge in [0.1, 0.15) is 11.6 Å². The zero-order valence-electron chi connectivity index (χ0n) is 16.4. The van der Waals surface area contributed by atoms with E-state index in [1.165, 1.54) is 0 Å². The molecule has 1 fully saturated rings. The molecule has 7 nitrogen and oxygen atoms in total. The van der Waals surface area contributed by atoms with Crippen molar-refractivity contribution in [3.8, 4) is 0 Å². The summed E-state index contributed by atoms with van der Waals surface area (Å²) in [7, 11) is 0. The minimum absolute atomic E-state index is 0.0208. The van der Waals surface area contributed by atoms with Gasteiger partial charge in [0.05, 0.1) is 5.69 Å². The van der Waals surface area contributed by atoms with Gasteiger partial charge in [0, 0.05) is 42.0 Å². The van der Waals surface area contributed by atoms with E-state index in [1.54, 1.807) is 6.92 Å². The zero-order chi connectivity index (χ0) is 19.6. The fourth-order valence-electron chi connectivity index (χ4n) is 3.43. The summed E-state index contributed by atoms with van der Waals surface area (Å²) in [6.45, 7) is 12.7. The first-order valence-corrected chi connectivity index (χ1v) is 9.21. The van der Waals surface area contributed by atoms with E-state index in [0.717, 1.165) is 36.5 Å². The lowest BCUT2D eigenvalue weighted by Crippen LogP contribution is -2.39. The molecular weight excluding hydrogens is 340 g/mol. The maximum Gasteiger partial charge on any atom is 0.248 e. The Bertz CT molecular complexity index is 859. The number of hydrogen-bond donors (Lipinski definition) is 1. The molecule has 1 aliphatic rings. The van der Waals surface area contributed by atoms with Gasteiger partial charge in [0.25, 0.3) is 0 Å². The van der Waals surface area contributed by atoms with Crippen molar-refractivity contribution in [1.82, 2.24) is 24.8 Å². The van der Waals surface area contributed by atoms with Crippen LogP contribution in [0, 0.1) is 20.8 Å². The van der Waals surface area contributed by atoms with E-state index in [1.807, 2.05) is 37.8 Å². The predicted octanol–water partition coefficient (Wildman–Crippen LogP) is 3.22. The molecule has 1 unspecified atom stereocenters. The van der Waals surface area contributed by atoms with Crippen molar-refractivity contribution < 1.29 is 4.79 Å². The van der Waals surface area contributed by atoms with Crippen LogP contribution in [0.15, 0.2) is 24.3 Å². The van der Waals surface area contributed by atoms with Crippen LogP contribution in [0.3, 0.4) is 0 Å². The van der Waals surface area contributed by atoms with Gasteiger partial charge in [-0.05, 0) is 46.6 Å². The molecule has 0 aliphatic carbocycles. The van der Waals surface area contributed by atoms with Crippen molar-refractivity contribution in [1.29, 1.82) is 0 Å². The molecule has 2 aromatic heterocycles. The minimum atomic E-state index is 0.0208. The number of rotatable bonds is 4. The van der Waals surface area contributed by atoms with Gasteiger partial charge in [-0.1, -0.05) is 6.58 Å². The van der Waals surface area contributed by atoms with E-state index >= 15 is 0 Å². The summed E-state index contributed by atoms with van der Waals surface area (Å²) in [5, 5.41) is 3.19. The number of carbonyl (C=O) groups is 1. The van der Waals surface area contributed by atoms with Crippen LogP contribution in [-0.4, -0.2) is 43.8 Å². The molecule has 1 saturated heterocycles. The van der Waals surface area contributed by atoms with E-state index in [2.05, 4.69) is 31.8 Å². The standard InChI is InChI=1S/C20H26N6O/c1-12(2)19(27)26-8-6-7-16(11-26)17-10-18(24-15(5)23-17)25-20-21-13(3)9-14(4)22-20/h9-10,16H,1,6-8,11H2,2-5H3,(H,21,22,23,24,25). The molecule has 0 radical (unpaired) electrons. The third-order valence-electron chi connectivity index (χ3n) is 4.57. The molecule has 142 valence electrons. The lowest BCUT2D eigenvalue weighted by atomic mass is 9.94. The number of nitrogens with zero attached hydrogens (tertiary/aromatic N) is 5. The molecule has 2 aromatic rings. The summed E-state index contributed by atoms with van der Waals surface area (Å²) in [4.78, 5) is 32.1. The lowest BCUT2D eigenvalue weighted by molar-refractivity contribution is -0.128. The van der Waals surface area contributed by atoms with Gasteiger partial charge >= 0.3 is 0 Å². The summed E-state index contributed by atoms with van der Waals surface area (Å²) in [6.07, 6.45) is 1.95. The molecule has 3 rings (SSSR count). The summed E-state index contributed by atoms with van der Waals surface area (Å²) in [5.74, 6) is 2.09. The quantitative estimate of drug-likeness (QED) is 0.837. The molecular formula is C20H26N6O. The molecule has 0 bridgehead atoms. The van der Waals surface area contributed by atoms with E-state index in [-0.39, 0.29) is 11.8 Å². The maximum atomic E-state index is 12.3. The smallest absolute Gasteiger partial charge is 0.248 e. The first-order valence-electron chi connectivity index (χ1n) is 9.21. The van der Waals surface area contributed by atoms with Gasteiger partial charge in [0.15, 0.2) is 0 Å². The molecule has 7 heteroatoms. The molecule has 1 amide bonds. The van der Waals surface area contributed by atoms with Crippen LogP contribution in [-0.2, 0) is 4.79 Å². The average Bonchev–Trinajstić information content (AvgIpc) is 2.59. The van der Waals surface area contributed by atoms with Crippen LogP contribution in [0.2, 0.25) is 0 Å². The van der Waals surface area contributed by atoms with Crippen molar-refractivity contribution in [2.24, 2.45) is 0 Å². The summed E-state index contributed by atoms with van der Waals surface area (Å²) in [6, 6.07) is 3.87. The Morgan fingerprint density at radius 3 is 2.52 bits per heavy atom. The summed E-state index contributed by atoms with van der Waals surface area (Å²) < 4.78 is 0. The Labute approximate surface area is 160 Å². The molecule has 1 aliphatic heterocycles. The first kappa shape index (κ1) is 18.9. The number of carbonyl (C=O) groups excluding carboxylic acids is 1. The maximum absolute atomic E-state index is 12.3. The van der Waals surface area contributed by atoms with Crippen LogP contribution in [0.1, 0.15) is 48.6 Å². The summed E-state index contributed by atoms with van der Waals surface area (Å²) >= 11 is 0. The fraction of sp³-hybridized carbons (Fsp3) is 0.450. The Morgan fingerprint density at radius 1 is 1.15 bits per heavy atom. The molecule has 1 N–H and O–H groups in total. The molecule has 1 atom stereocenters. The third kappa shape index (κ3) is 4.67. The number of amides is 1.